The van der Waals surface area contributed by atoms with Crippen LogP contribution >= 0.6 is 0 Å². The van der Waals surface area contributed by atoms with E-state index in [0.717, 1.165) is 24.6 Å². The van der Waals surface area contributed by atoms with Crippen molar-refractivity contribution in [2.45, 2.75) is 30.2 Å². The van der Waals surface area contributed by atoms with E-state index in [1.165, 1.54) is 0 Å². The number of nitrogens with zero attached hydrogens (tertiary/aromatic N) is 1. The van der Waals surface area contributed by atoms with Crippen LogP contribution in [0.5, 0.6) is 0 Å². The molecule has 1 saturated heterocycles. The number of hydrogen-bond donors (Lipinski definition) is 2. The number of nitrogens with one attached hydrogen (secondary N) is 1. The summed E-state index contributed by atoms with van der Waals surface area (Å²) in [5, 5.41) is 10.7. The standard InChI is InChI=1S/C12H17N3O5S/c1-12(5-2-6-20-8-12)14-21(18,19)11-4-3-9(15(16)17)7-10(11)13/h3-4,7,14H,2,5-6,8,13H2,1H3. The number of benzene rings is 1. The Kier molecular flexibility index (Phi) is 4.17. The van der Waals surface area contributed by atoms with Crippen LogP contribution in [0.4, 0.5) is 11.4 Å². The minimum atomic E-state index is -3.87. The van der Waals surface area contributed by atoms with Gasteiger partial charge >= 0.3 is 0 Å². The van der Waals surface area contributed by atoms with Gasteiger partial charge in [-0.2, -0.15) is 0 Å². The van der Waals surface area contributed by atoms with Crippen molar-refractivity contribution in [1.82, 2.24) is 4.72 Å². The Morgan fingerprint density at radius 2 is 2.19 bits per heavy atom. The summed E-state index contributed by atoms with van der Waals surface area (Å²) in [6, 6.07) is 3.29. The Morgan fingerprint density at radius 1 is 1.48 bits per heavy atom. The molecule has 1 aliphatic rings. The van der Waals surface area contributed by atoms with E-state index in [0.29, 0.717) is 13.0 Å². The van der Waals surface area contributed by atoms with Gasteiger partial charge in [-0.05, 0) is 25.8 Å². The van der Waals surface area contributed by atoms with E-state index in [-0.39, 0.29) is 22.9 Å². The van der Waals surface area contributed by atoms with E-state index in [9.17, 15) is 18.5 Å². The molecule has 0 bridgehead atoms. The van der Waals surface area contributed by atoms with Crippen molar-refractivity contribution in [2.75, 3.05) is 18.9 Å². The van der Waals surface area contributed by atoms with E-state index in [1.54, 1.807) is 6.92 Å². The van der Waals surface area contributed by atoms with Crippen LogP contribution in [0.25, 0.3) is 0 Å². The van der Waals surface area contributed by atoms with Crippen LogP contribution in [0.1, 0.15) is 19.8 Å². The zero-order valence-electron chi connectivity index (χ0n) is 11.5. The summed E-state index contributed by atoms with van der Waals surface area (Å²) in [5.41, 5.74) is 4.53. The summed E-state index contributed by atoms with van der Waals surface area (Å²) in [6.45, 7) is 2.64. The van der Waals surface area contributed by atoms with Crippen molar-refractivity contribution in [2.24, 2.45) is 0 Å². The van der Waals surface area contributed by atoms with Crippen molar-refractivity contribution in [3.05, 3.63) is 28.3 Å². The molecular formula is C12H17N3O5S. The lowest BCUT2D eigenvalue weighted by Crippen LogP contribution is -2.51. The van der Waals surface area contributed by atoms with E-state index < -0.39 is 20.5 Å². The van der Waals surface area contributed by atoms with Crippen LogP contribution in [-0.4, -0.2) is 32.1 Å². The molecule has 1 aromatic rings. The molecule has 116 valence electrons. The summed E-state index contributed by atoms with van der Waals surface area (Å²) in [6.07, 6.45) is 1.41. The average molecular weight is 315 g/mol. The van der Waals surface area contributed by atoms with Crippen molar-refractivity contribution in [3.63, 3.8) is 0 Å². The fourth-order valence-corrected chi connectivity index (χ4v) is 3.82. The fraction of sp³-hybridized carbons (Fsp3) is 0.500. The van der Waals surface area contributed by atoms with E-state index in [4.69, 9.17) is 10.5 Å². The van der Waals surface area contributed by atoms with Gasteiger partial charge in [-0.3, -0.25) is 10.1 Å². The van der Waals surface area contributed by atoms with Gasteiger partial charge in [0, 0.05) is 18.7 Å². The van der Waals surface area contributed by atoms with Crippen molar-refractivity contribution in [1.29, 1.82) is 0 Å². The van der Waals surface area contributed by atoms with Gasteiger partial charge in [0.2, 0.25) is 10.0 Å². The van der Waals surface area contributed by atoms with Crippen LogP contribution in [0.3, 0.4) is 0 Å². The second kappa shape index (κ2) is 5.58. The SMILES string of the molecule is CC1(NS(=O)(=O)c2ccc([N+](=O)[O-])cc2N)CCCOC1. The van der Waals surface area contributed by atoms with Gasteiger partial charge in [0.1, 0.15) is 4.90 Å². The highest BCUT2D eigenvalue weighted by molar-refractivity contribution is 7.89. The van der Waals surface area contributed by atoms with Gasteiger partial charge in [0.25, 0.3) is 5.69 Å². The predicted octanol–water partition coefficient (Wildman–Crippen LogP) is 1.02. The molecule has 8 nitrogen and oxygen atoms in total. The van der Waals surface area contributed by atoms with E-state index >= 15 is 0 Å². The van der Waals surface area contributed by atoms with Gasteiger partial charge in [-0.1, -0.05) is 0 Å². The highest BCUT2D eigenvalue weighted by atomic mass is 32.2. The molecule has 9 heteroatoms. The third-order valence-electron chi connectivity index (χ3n) is 3.31. The largest absolute Gasteiger partial charge is 0.397 e. The first kappa shape index (κ1) is 15.7. The molecule has 1 atom stereocenters. The molecule has 0 amide bonds. The van der Waals surface area contributed by atoms with Crippen LogP contribution in [0.15, 0.2) is 23.1 Å². The minimum Gasteiger partial charge on any atom is -0.397 e. The summed E-state index contributed by atoms with van der Waals surface area (Å²) >= 11 is 0. The maximum absolute atomic E-state index is 12.4. The van der Waals surface area contributed by atoms with Gasteiger partial charge in [-0.15, -0.1) is 0 Å². The first-order chi connectivity index (χ1) is 9.73. The Balaban J connectivity index is 2.29. The molecule has 1 aromatic carbocycles. The number of nitro benzene ring substituents is 1. The molecule has 3 N–H and O–H groups in total. The molecule has 1 heterocycles. The lowest BCUT2D eigenvalue weighted by molar-refractivity contribution is -0.384. The van der Waals surface area contributed by atoms with Crippen LogP contribution in [0, 0.1) is 10.1 Å². The number of rotatable bonds is 4. The van der Waals surface area contributed by atoms with Crippen LogP contribution < -0.4 is 10.5 Å². The van der Waals surface area contributed by atoms with Crippen LogP contribution in [-0.2, 0) is 14.8 Å². The van der Waals surface area contributed by atoms with E-state index in [2.05, 4.69) is 4.72 Å². The zero-order valence-corrected chi connectivity index (χ0v) is 12.4. The topological polar surface area (TPSA) is 125 Å². The van der Waals surface area contributed by atoms with Crippen LogP contribution in [0.2, 0.25) is 0 Å². The predicted molar refractivity (Wildman–Crippen MR) is 76.3 cm³/mol. The molecule has 0 aromatic heterocycles. The molecule has 1 unspecified atom stereocenters. The van der Waals surface area contributed by atoms with Crippen molar-refractivity contribution < 1.29 is 18.1 Å². The number of nitrogen functional groups attached to an aromatic ring is 1. The highest BCUT2D eigenvalue weighted by Crippen LogP contribution is 2.27. The number of non-ortho nitro benzene ring substituents is 1. The fourth-order valence-electron chi connectivity index (χ4n) is 2.29. The number of nitro groups is 1. The zero-order chi connectivity index (χ0) is 15.7. The molecular weight excluding hydrogens is 298 g/mol. The molecule has 1 aliphatic heterocycles. The first-order valence-corrected chi connectivity index (χ1v) is 7.87. The normalized spacial score (nSPS) is 22.9. The molecule has 0 spiro atoms. The minimum absolute atomic E-state index is 0.156. The highest BCUT2D eigenvalue weighted by Gasteiger charge is 2.33. The Hall–Kier alpha value is -1.71. The summed E-state index contributed by atoms with van der Waals surface area (Å²) in [4.78, 5) is 9.86. The van der Waals surface area contributed by atoms with Gasteiger partial charge < -0.3 is 10.5 Å². The lowest BCUT2D eigenvalue weighted by Gasteiger charge is -2.33. The van der Waals surface area contributed by atoms with Gasteiger partial charge in [-0.25, -0.2) is 13.1 Å². The Morgan fingerprint density at radius 3 is 2.71 bits per heavy atom. The molecule has 0 saturated carbocycles. The number of anilines is 1. The maximum atomic E-state index is 12.4. The van der Waals surface area contributed by atoms with Gasteiger partial charge in [0.05, 0.1) is 22.8 Å². The van der Waals surface area contributed by atoms with E-state index in [1.807, 2.05) is 0 Å². The maximum Gasteiger partial charge on any atom is 0.271 e. The third kappa shape index (κ3) is 3.49. The average Bonchev–Trinajstić information content (AvgIpc) is 2.37. The monoisotopic (exact) mass is 315 g/mol. The Labute approximate surface area is 122 Å². The summed E-state index contributed by atoms with van der Waals surface area (Å²) in [5.74, 6) is 0. The first-order valence-electron chi connectivity index (χ1n) is 6.39. The number of sulfonamides is 1. The molecule has 2 rings (SSSR count). The van der Waals surface area contributed by atoms with Gasteiger partial charge in [0.15, 0.2) is 0 Å². The summed E-state index contributed by atoms with van der Waals surface area (Å²) < 4.78 is 32.7. The smallest absolute Gasteiger partial charge is 0.271 e. The number of hydrogen-bond acceptors (Lipinski definition) is 6. The number of ether oxygens (including phenoxy) is 1. The lowest BCUT2D eigenvalue weighted by atomic mass is 9.97. The Bertz CT molecular complexity index is 653. The number of nitrogens with two attached hydrogens (primary N) is 1. The third-order valence-corrected chi connectivity index (χ3v) is 5.02. The quantitative estimate of drug-likeness (QED) is 0.485. The second-order valence-electron chi connectivity index (χ2n) is 5.30. The molecule has 21 heavy (non-hydrogen) atoms. The van der Waals surface area contributed by atoms with Crippen molar-refractivity contribution >= 4 is 21.4 Å². The summed E-state index contributed by atoms with van der Waals surface area (Å²) in [7, 11) is -3.87. The molecule has 0 radical (unpaired) electrons. The second-order valence-corrected chi connectivity index (χ2v) is 6.95. The van der Waals surface area contributed by atoms with Crippen molar-refractivity contribution in [3.8, 4) is 0 Å². The molecule has 1 fully saturated rings. The molecule has 0 aliphatic carbocycles.